The fraction of sp³-hybridized carbons (Fsp3) is 0.348. The summed E-state index contributed by atoms with van der Waals surface area (Å²) in [6, 6.07) is 9.17. The maximum Gasteiger partial charge on any atom is 0.283 e. The van der Waals surface area contributed by atoms with Crippen LogP contribution in [0.3, 0.4) is 0 Å². The van der Waals surface area contributed by atoms with Gasteiger partial charge in [-0.05, 0) is 42.0 Å². The summed E-state index contributed by atoms with van der Waals surface area (Å²) in [5, 5.41) is 5.74. The van der Waals surface area contributed by atoms with Crippen LogP contribution >= 0.6 is 22.9 Å². The number of thiazole rings is 1. The molecular weight excluding hydrogens is 510 g/mol. The van der Waals surface area contributed by atoms with E-state index in [9.17, 15) is 18.0 Å². The van der Waals surface area contributed by atoms with Gasteiger partial charge in [-0.2, -0.15) is 4.31 Å². The summed E-state index contributed by atoms with van der Waals surface area (Å²) in [5.74, 6) is -1.16. The average molecular weight is 534 g/mol. The van der Waals surface area contributed by atoms with Gasteiger partial charge in [-0.25, -0.2) is 13.4 Å². The minimum absolute atomic E-state index is 0.0355. The van der Waals surface area contributed by atoms with Crippen LogP contribution in [0, 0.1) is 0 Å². The molecule has 2 aliphatic heterocycles. The molecule has 3 N–H and O–H groups in total. The highest BCUT2D eigenvalue weighted by Crippen LogP contribution is 2.28. The zero-order valence-electron chi connectivity index (χ0n) is 18.9. The number of piperazine rings is 1. The Hall–Kier alpha value is -2.57. The molecule has 5 rings (SSSR count). The number of aromatic nitrogens is 1. The number of primary amides is 1. The van der Waals surface area contributed by atoms with Crippen molar-refractivity contribution in [2.75, 3.05) is 19.6 Å². The summed E-state index contributed by atoms with van der Waals surface area (Å²) in [6.45, 7) is 2.56. The molecule has 1 aromatic heterocycles. The topological polar surface area (TPSA) is 126 Å². The van der Waals surface area contributed by atoms with Gasteiger partial charge < -0.3 is 16.0 Å². The first kappa shape index (κ1) is 24.1. The zero-order chi connectivity index (χ0) is 24.9. The molecule has 0 saturated carbocycles. The van der Waals surface area contributed by atoms with Gasteiger partial charge in [0.15, 0.2) is 5.01 Å². The van der Waals surface area contributed by atoms with E-state index in [2.05, 4.69) is 17.2 Å². The summed E-state index contributed by atoms with van der Waals surface area (Å²) < 4.78 is 28.0. The molecule has 0 spiro atoms. The van der Waals surface area contributed by atoms with E-state index in [1.54, 1.807) is 30.3 Å². The third kappa shape index (κ3) is 4.54. The number of carbonyl (C=O) groups excluding carboxylic acids is 2. The second kappa shape index (κ2) is 9.14. The number of fused-ring (bicyclic) bond motifs is 2. The van der Waals surface area contributed by atoms with Gasteiger partial charge in [0.1, 0.15) is 6.04 Å². The van der Waals surface area contributed by atoms with E-state index in [0.29, 0.717) is 16.6 Å². The number of nitrogens with one attached hydrogen (secondary N) is 1. The number of hydrogen-bond acceptors (Lipinski definition) is 7. The van der Waals surface area contributed by atoms with E-state index in [1.165, 1.54) is 26.6 Å². The Morgan fingerprint density at radius 3 is 2.69 bits per heavy atom. The number of carbonyl (C=O) groups is 2. The smallest absolute Gasteiger partial charge is 0.283 e. The lowest BCUT2D eigenvalue weighted by atomic mass is 10.1. The molecule has 1 saturated heterocycles. The van der Waals surface area contributed by atoms with Gasteiger partial charge >= 0.3 is 0 Å². The number of rotatable bonds is 4. The lowest BCUT2D eigenvalue weighted by molar-refractivity contribution is -0.123. The summed E-state index contributed by atoms with van der Waals surface area (Å²) in [5.41, 5.74) is 6.52. The number of sulfonamides is 1. The second-order valence-corrected chi connectivity index (χ2v) is 12.3. The van der Waals surface area contributed by atoms with Crippen LogP contribution in [0.5, 0.6) is 0 Å². The summed E-state index contributed by atoms with van der Waals surface area (Å²) in [7, 11) is -3.92. The monoisotopic (exact) mass is 533 g/mol. The normalized spacial score (nSPS) is 21.1. The standard InChI is InChI=1S/C23H24ClN5O4S2/c1-13-8-18-20(11-26-13)34-22(27-18)23(31)29-7-6-28(12-19(29)21(25)30)35(32,33)17-5-3-14-9-16(24)4-2-15(14)10-17/h2-5,9-10,13,19,26H,6-8,11-12H2,1H3,(H2,25,30). The summed E-state index contributed by atoms with van der Waals surface area (Å²) in [4.78, 5) is 32.6. The molecule has 2 aromatic carbocycles. The van der Waals surface area contributed by atoms with Crippen LogP contribution in [0.2, 0.25) is 5.02 Å². The van der Waals surface area contributed by atoms with Crippen LogP contribution in [0.1, 0.15) is 27.3 Å². The first-order valence-electron chi connectivity index (χ1n) is 11.1. The molecule has 2 amide bonds. The Morgan fingerprint density at radius 1 is 1.17 bits per heavy atom. The van der Waals surface area contributed by atoms with Crippen molar-refractivity contribution in [1.29, 1.82) is 0 Å². The summed E-state index contributed by atoms with van der Waals surface area (Å²) in [6.07, 6.45) is 0.725. The molecule has 2 aliphatic rings. The average Bonchev–Trinajstić information content (AvgIpc) is 3.26. The molecule has 9 nitrogen and oxygen atoms in total. The van der Waals surface area contributed by atoms with Crippen molar-refractivity contribution in [2.24, 2.45) is 5.73 Å². The highest BCUT2D eigenvalue weighted by molar-refractivity contribution is 7.89. The Balaban J connectivity index is 1.39. The van der Waals surface area contributed by atoms with Gasteiger partial charge in [0.25, 0.3) is 5.91 Å². The van der Waals surface area contributed by atoms with Crippen LogP contribution in [0.25, 0.3) is 10.8 Å². The van der Waals surface area contributed by atoms with Crippen LogP contribution in [-0.4, -0.2) is 66.1 Å². The van der Waals surface area contributed by atoms with Crippen molar-refractivity contribution in [1.82, 2.24) is 19.5 Å². The number of amides is 2. The van der Waals surface area contributed by atoms with Crippen LogP contribution in [0.15, 0.2) is 41.3 Å². The number of hydrogen-bond donors (Lipinski definition) is 2. The quantitative estimate of drug-likeness (QED) is 0.528. The molecule has 2 unspecified atom stereocenters. The lowest BCUT2D eigenvalue weighted by Gasteiger charge is -2.38. The van der Waals surface area contributed by atoms with Crippen molar-refractivity contribution in [3.8, 4) is 0 Å². The third-order valence-corrected chi connectivity index (χ3v) is 9.60. The molecule has 1 fully saturated rings. The van der Waals surface area contributed by atoms with Gasteiger partial charge in [0.05, 0.1) is 10.6 Å². The van der Waals surface area contributed by atoms with Crippen LogP contribution in [-0.2, 0) is 27.8 Å². The molecule has 0 aliphatic carbocycles. The fourth-order valence-corrected chi connectivity index (χ4v) is 7.14. The maximum absolute atomic E-state index is 13.4. The van der Waals surface area contributed by atoms with Crippen molar-refractivity contribution < 1.29 is 18.0 Å². The number of benzene rings is 2. The highest BCUT2D eigenvalue weighted by atomic mass is 35.5. The number of nitrogens with zero attached hydrogens (tertiary/aromatic N) is 3. The predicted octanol–water partition coefficient (Wildman–Crippen LogP) is 1.98. The van der Waals surface area contributed by atoms with Gasteiger partial charge in [0.2, 0.25) is 15.9 Å². The molecular formula is C23H24ClN5O4S2. The Kier molecular flexibility index (Phi) is 6.30. The van der Waals surface area contributed by atoms with Crippen LogP contribution in [0.4, 0.5) is 0 Å². The van der Waals surface area contributed by atoms with E-state index >= 15 is 0 Å². The first-order valence-corrected chi connectivity index (χ1v) is 13.8. The zero-order valence-corrected chi connectivity index (χ0v) is 21.3. The molecule has 2 atom stereocenters. The maximum atomic E-state index is 13.4. The van der Waals surface area contributed by atoms with Gasteiger partial charge in [0, 0.05) is 48.5 Å². The molecule has 12 heteroatoms. The van der Waals surface area contributed by atoms with Gasteiger partial charge in [-0.3, -0.25) is 9.59 Å². The molecule has 35 heavy (non-hydrogen) atoms. The minimum Gasteiger partial charge on any atom is -0.368 e. The molecule has 0 radical (unpaired) electrons. The predicted molar refractivity (Wildman–Crippen MR) is 134 cm³/mol. The van der Waals surface area contributed by atoms with E-state index in [-0.39, 0.29) is 30.6 Å². The molecule has 0 bridgehead atoms. The number of nitrogens with two attached hydrogens (primary N) is 1. The largest absolute Gasteiger partial charge is 0.368 e. The lowest BCUT2D eigenvalue weighted by Crippen LogP contribution is -2.60. The van der Waals surface area contributed by atoms with Gasteiger partial charge in [-0.15, -0.1) is 11.3 Å². The SMILES string of the molecule is CC1Cc2nc(C(=O)N3CCN(S(=O)(=O)c4ccc5cc(Cl)ccc5c4)CC3C(N)=O)sc2CN1. The van der Waals surface area contributed by atoms with E-state index < -0.39 is 27.9 Å². The molecule has 184 valence electrons. The third-order valence-electron chi connectivity index (χ3n) is 6.42. The minimum atomic E-state index is -3.92. The second-order valence-electron chi connectivity index (χ2n) is 8.81. The molecule has 3 heterocycles. The van der Waals surface area contributed by atoms with E-state index in [1.807, 2.05) is 0 Å². The fourth-order valence-electron chi connectivity index (χ4n) is 4.49. The van der Waals surface area contributed by atoms with E-state index in [0.717, 1.165) is 27.8 Å². The van der Waals surface area contributed by atoms with Crippen molar-refractivity contribution in [3.05, 3.63) is 57.0 Å². The van der Waals surface area contributed by atoms with Crippen molar-refractivity contribution >= 4 is 55.5 Å². The van der Waals surface area contributed by atoms with Gasteiger partial charge in [-0.1, -0.05) is 23.7 Å². The van der Waals surface area contributed by atoms with Crippen LogP contribution < -0.4 is 11.1 Å². The highest BCUT2D eigenvalue weighted by Gasteiger charge is 2.40. The van der Waals surface area contributed by atoms with Crippen molar-refractivity contribution in [2.45, 2.75) is 36.9 Å². The molecule has 3 aromatic rings. The first-order chi connectivity index (χ1) is 16.6. The Bertz CT molecular complexity index is 1440. The van der Waals surface area contributed by atoms with Crippen molar-refractivity contribution in [3.63, 3.8) is 0 Å². The summed E-state index contributed by atoms with van der Waals surface area (Å²) >= 11 is 7.33. The van der Waals surface area contributed by atoms with E-state index in [4.69, 9.17) is 17.3 Å². The Morgan fingerprint density at radius 2 is 1.91 bits per heavy atom. The Labute approximate surface area is 211 Å². The number of halogens is 1.